The first-order valence-corrected chi connectivity index (χ1v) is 11.6. The molecular weight excluding hydrogens is 384 g/mol. The molecule has 1 aromatic rings. The molecule has 0 spiro atoms. The van der Waals surface area contributed by atoms with Crippen LogP contribution >= 0.6 is 11.8 Å². The number of rotatable bonds is 6. The van der Waals surface area contributed by atoms with Crippen molar-refractivity contribution in [2.75, 3.05) is 12.8 Å². The maximum Gasteiger partial charge on any atom is 0.408 e. The van der Waals surface area contributed by atoms with Crippen LogP contribution in [0.5, 0.6) is 0 Å². The molecule has 0 aromatic heterocycles. The number of thioether (sulfide) groups is 1. The maximum atomic E-state index is 12.8. The van der Waals surface area contributed by atoms with Crippen LogP contribution in [-0.2, 0) is 9.53 Å². The fourth-order valence-corrected chi connectivity index (χ4v) is 5.37. The van der Waals surface area contributed by atoms with Gasteiger partial charge in [-0.15, -0.1) is 11.8 Å². The SMILES string of the molecule is CCCSc1ccc(C(NC(=O)OC(C)(C)C)C23CCC(CC2)C(=O)N3C)cc1. The zero-order chi connectivity index (χ0) is 21.2. The first-order valence-electron chi connectivity index (χ1n) is 10.7. The largest absolute Gasteiger partial charge is 0.444 e. The monoisotopic (exact) mass is 418 g/mol. The lowest BCUT2D eigenvalue weighted by Gasteiger charge is -2.56. The van der Waals surface area contributed by atoms with Crippen LogP contribution in [0.2, 0.25) is 0 Å². The second kappa shape index (κ2) is 8.58. The highest BCUT2D eigenvalue weighted by Crippen LogP contribution is 2.49. The number of ether oxygens (including phenoxy) is 1. The lowest BCUT2D eigenvalue weighted by atomic mass is 9.65. The lowest BCUT2D eigenvalue weighted by Crippen LogP contribution is -2.65. The van der Waals surface area contributed by atoms with E-state index in [0.29, 0.717) is 0 Å². The van der Waals surface area contributed by atoms with E-state index in [2.05, 4.69) is 36.5 Å². The molecule has 4 rings (SSSR count). The van der Waals surface area contributed by atoms with Gasteiger partial charge in [0.15, 0.2) is 0 Å². The minimum Gasteiger partial charge on any atom is -0.444 e. The summed E-state index contributed by atoms with van der Waals surface area (Å²) < 4.78 is 5.56. The quantitative estimate of drug-likeness (QED) is 0.649. The van der Waals surface area contributed by atoms with Crippen molar-refractivity contribution in [1.82, 2.24) is 10.2 Å². The van der Waals surface area contributed by atoms with Gasteiger partial charge in [-0.3, -0.25) is 4.79 Å². The number of carbonyl (C=O) groups is 2. The highest BCUT2D eigenvalue weighted by Gasteiger charge is 2.54. The van der Waals surface area contributed by atoms with Gasteiger partial charge in [0.05, 0.1) is 11.6 Å². The van der Waals surface area contributed by atoms with Gasteiger partial charge in [0, 0.05) is 17.9 Å². The minimum atomic E-state index is -0.571. The van der Waals surface area contributed by atoms with Crippen molar-refractivity contribution >= 4 is 23.8 Å². The molecule has 2 saturated heterocycles. The molecule has 5 nitrogen and oxygen atoms in total. The average Bonchev–Trinajstić information content (AvgIpc) is 2.68. The molecule has 2 amide bonds. The van der Waals surface area contributed by atoms with Crippen molar-refractivity contribution in [3.8, 4) is 0 Å². The molecule has 3 fully saturated rings. The Hall–Kier alpha value is -1.69. The Bertz CT molecular complexity index is 733. The Morgan fingerprint density at radius 1 is 1.28 bits per heavy atom. The van der Waals surface area contributed by atoms with E-state index in [9.17, 15) is 9.59 Å². The van der Waals surface area contributed by atoms with E-state index < -0.39 is 17.2 Å². The lowest BCUT2D eigenvalue weighted by molar-refractivity contribution is -0.156. The molecule has 1 aliphatic carbocycles. The number of fused-ring (bicyclic) bond motifs is 3. The molecule has 29 heavy (non-hydrogen) atoms. The van der Waals surface area contributed by atoms with Gasteiger partial charge in [-0.25, -0.2) is 4.79 Å². The summed E-state index contributed by atoms with van der Waals surface area (Å²) in [5.41, 5.74) is 0.0522. The second-order valence-corrected chi connectivity index (χ2v) is 10.4. The second-order valence-electron chi connectivity index (χ2n) is 9.27. The van der Waals surface area contributed by atoms with Gasteiger partial charge in [-0.2, -0.15) is 0 Å². The molecule has 2 heterocycles. The van der Waals surface area contributed by atoms with E-state index >= 15 is 0 Å². The number of carbonyl (C=O) groups excluding carboxylic acids is 2. The van der Waals surface area contributed by atoms with Crippen molar-refractivity contribution in [2.24, 2.45) is 5.92 Å². The van der Waals surface area contributed by atoms with Crippen LogP contribution in [-0.4, -0.2) is 40.8 Å². The number of likely N-dealkylation sites (N-methyl/N-ethyl adjacent to an activating group) is 1. The maximum absolute atomic E-state index is 12.8. The third-order valence-electron chi connectivity index (χ3n) is 6.08. The minimum absolute atomic E-state index is 0.136. The van der Waals surface area contributed by atoms with E-state index in [-0.39, 0.29) is 17.9 Å². The first-order chi connectivity index (χ1) is 13.7. The topological polar surface area (TPSA) is 58.6 Å². The standard InChI is InChI=1S/C23H34N2O3S/c1-6-15-29-18-9-7-16(8-10-18)19(24-21(27)28-22(2,3)4)23-13-11-17(12-14-23)20(26)25(23)5/h7-10,17,19H,6,11-15H2,1-5H3,(H,24,27). The van der Waals surface area contributed by atoms with Crippen LogP contribution in [0.3, 0.4) is 0 Å². The summed E-state index contributed by atoms with van der Waals surface area (Å²) in [6, 6.07) is 8.12. The molecule has 1 atom stereocenters. The van der Waals surface area contributed by atoms with Gasteiger partial charge in [-0.05, 0) is 76.3 Å². The van der Waals surface area contributed by atoms with Gasteiger partial charge in [0.1, 0.15) is 5.60 Å². The Morgan fingerprint density at radius 2 is 1.90 bits per heavy atom. The van der Waals surface area contributed by atoms with Crippen LogP contribution in [0, 0.1) is 5.92 Å². The van der Waals surface area contributed by atoms with Gasteiger partial charge >= 0.3 is 6.09 Å². The summed E-state index contributed by atoms with van der Waals surface area (Å²) in [5.74, 6) is 1.42. The van der Waals surface area contributed by atoms with Gasteiger partial charge in [0.25, 0.3) is 0 Å². The van der Waals surface area contributed by atoms with Crippen molar-refractivity contribution < 1.29 is 14.3 Å². The number of hydrogen-bond donors (Lipinski definition) is 1. The summed E-state index contributed by atoms with van der Waals surface area (Å²) in [6.07, 6.45) is 4.27. The molecular formula is C23H34N2O3S. The summed E-state index contributed by atoms with van der Waals surface area (Å²) in [6.45, 7) is 7.76. The summed E-state index contributed by atoms with van der Waals surface area (Å²) in [4.78, 5) is 28.6. The average molecular weight is 419 g/mol. The summed E-state index contributed by atoms with van der Waals surface area (Å²) >= 11 is 1.84. The normalized spacial score (nSPS) is 25.1. The fourth-order valence-electron chi connectivity index (χ4n) is 4.61. The van der Waals surface area contributed by atoms with E-state index in [1.54, 1.807) is 0 Å². The number of amides is 2. The van der Waals surface area contributed by atoms with Crippen molar-refractivity contribution in [3.05, 3.63) is 29.8 Å². The smallest absolute Gasteiger partial charge is 0.408 e. The molecule has 0 radical (unpaired) electrons. The molecule has 2 aliphatic heterocycles. The Labute approximate surface area is 178 Å². The number of benzene rings is 1. The molecule has 2 bridgehead atoms. The van der Waals surface area contributed by atoms with Gasteiger partial charge in [-0.1, -0.05) is 19.1 Å². The summed E-state index contributed by atoms with van der Waals surface area (Å²) in [5, 5.41) is 3.13. The zero-order valence-electron chi connectivity index (χ0n) is 18.3. The van der Waals surface area contributed by atoms with E-state index in [4.69, 9.17) is 4.74 Å². The van der Waals surface area contributed by atoms with E-state index in [0.717, 1.165) is 43.4 Å². The molecule has 3 aliphatic rings. The van der Waals surface area contributed by atoms with Gasteiger partial charge < -0.3 is 15.0 Å². The predicted octanol–water partition coefficient (Wildman–Crippen LogP) is 5.16. The molecule has 6 heteroatoms. The molecule has 160 valence electrons. The number of alkyl carbamates (subject to hydrolysis) is 1. The Balaban J connectivity index is 1.91. The Kier molecular flexibility index (Phi) is 6.51. The number of nitrogens with one attached hydrogen (secondary N) is 1. The van der Waals surface area contributed by atoms with Crippen molar-refractivity contribution in [1.29, 1.82) is 0 Å². The fraction of sp³-hybridized carbons (Fsp3) is 0.652. The number of nitrogens with zero attached hydrogens (tertiary/aromatic N) is 1. The van der Waals surface area contributed by atoms with E-state index in [1.807, 2.05) is 44.5 Å². The summed E-state index contributed by atoms with van der Waals surface area (Å²) in [7, 11) is 1.89. The molecule has 1 unspecified atom stereocenters. The van der Waals surface area contributed by atoms with Crippen LogP contribution in [0.1, 0.15) is 71.4 Å². The van der Waals surface area contributed by atoms with Crippen LogP contribution in [0.4, 0.5) is 4.79 Å². The predicted molar refractivity (Wildman–Crippen MR) is 117 cm³/mol. The van der Waals surface area contributed by atoms with Crippen molar-refractivity contribution in [2.45, 2.75) is 81.9 Å². The third-order valence-corrected chi connectivity index (χ3v) is 7.30. The van der Waals surface area contributed by atoms with E-state index in [1.165, 1.54) is 4.90 Å². The van der Waals surface area contributed by atoms with Crippen LogP contribution in [0.25, 0.3) is 0 Å². The molecule has 1 aromatic carbocycles. The van der Waals surface area contributed by atoms with Crippen molar-refractivity contribution in [3.63, 3.8) is 0 Å². The van der Waals surface area contributed by atoms with Gasteiger partial charge in [0.2, 0.25) is 5.91 Å². The zero-order valence-corrected chi connectivity index (χ0v) is 19.1. The number of piperidine rings is 2. The first kappa shape index (κ1) is 22.0. The highest BCUT2D eigenvalue weighted by molar-refractivity contribution is 7.99. The number of hydrogen-bond acceptors (Lipinski definition) is 4. The molecule has 1 saturated carbocycles. The third kappa shape index (κ3) is 4.73. The van der Waals surface area contributed by atoms with Crippen LogP contribution in [0.15, 0.2) is 29.2 Å². The van der Waals surface area contributed by atoms with Crippen LogP contribution < -0.4 is 5.32 Å². The highest BCUT2D eigenvalue weighted by atomic mass is 32.2. The Morgan fingerprint density at radius 3 is 2.45 bits per heavy atom. The molecule has 1 N–H and O–H groups in total.